The van der Waals surface area contributed by atoms with Gasteiger partial charge in [0.15, 0.2) is 0 Å². The van der Waals surface area contributed by atoms with Crippen LogP contribution in [0.3, 0.4) is 0 Å². The molecule has 0 unspecified atom stereocenters. The Morgan fingerprint density at radius 2 is 2.50 bits per heavy atom. The van der Waals surface area contributed by atoms with Crippen LogP contribution in [0.5, 0.6) is 0 Å². The van der Waals surface area contributed by atoms with E-state index in [1.165, 1.54) is 6.20 Å². The first kappa shape index (κ1) is 8.38. The highest BCUT2D eigenvalue weighted by atomic mass is 16.3. The maximum atomic E-state index is 10.7. The number of aromatic amines is 1. The first-order chi connectivity index (χ1) is 5.77. The molecule has 1 aromatic rings. The Labute approximate surface area is 68.0 Å². The Bertz CT molecular complexity index is 333. The molecule has 12 heavy (non-hydrogen) atoms. The van der Waals surface area contributed by atoms with E-state index in [9.17, 15) is 9.70 Å². The van der Waals surface area contributed by atoms with Crippen molar-refractivity contribution in [3.8, 4) is 0 Å². The van der Waals surface area contributed by atoms with Gasteiger partial charge in [-0.05, 0) is 0 Å². The second-order valence-electron chi connectivity index (χ2n) is 2.13. The average molecular weight is 168 g/mol. The minimum Gasteiger partial charge on any atom is -0.374 e. The summed E-state index contributed by atoms with van der Waals surface area (Å²) >= 11 is 0. The lowest BCUT2D eigenvalue weighted by Gasteiger charge is -2.02. The van der Waals surface area contributed by atoms with Gasteiger partial charge < -0.3 is 5.32 Å². The summed E-state index contributed by atoms with van der Waals surface area (Å²) < 4.78 is 0. The fraction of sp³-hybridized carbons (Fsp3) is 0.333. The van der Waals surface area contributed by atoms with Crippen molar-refractivity contribution in [2.45, 2.75) is 6.54 Å². The van der Waals surface area contributed by atoms with Crippen molar-refractivity contribution in [2.24, 2.45) is 5.18 Å². The van der Waals surface area contributed by atoms with Crippen LogP contribution in [-0.2, 0) is 6.54 Å². The molecule has 2 N–H and O–H groups in total. The normalized spacial score (nSPS) is 9.42. The van der Waals surface area contributed by atoms with Crippen molar-refractivity contribution in [1.82, 2.24) is 9.97 Å². The number of rotatable bonds is 3. The summed E-state index contributed by atoms with van der Waals surface area (Å²) in [6.07, 6.45) is 1.33. The van der Waals surface area contributed by atoms with Gasteiger partial charge >= 0.3 is 5.69 Å². The largest absolute Gasteiger partial charge is 0.374 e. The molecule has 0 aliphatic rings. The molecule has 0 saturated heterocycles. The fourth-order valence-electron chi connectivity index (χ4n) is 0.833. The first-order valence-electron chi connectivity index (χ1n) is 3.33. The Morgan fingerprint density at radius 3 is 3.08 bits per heavy atom. The molecule has 0 aliphatic carbocycles. The van der Waals surface area contributed by atoms with Crippen LogP contribution in [0.4, 0.5) is 5.82 Å². The van der Waals surface area contributed by atoms with Gasteiger partial charge in [-0.2, -0.15) is 4.91 Å². The van der Waals surface area contributed by atoms with Crippen LogP contribution in [0, 0.1) is 4.91 Å². The van der Waals surface area contributed by atoms with Crippen LogP contribution < -0.4 is 11.0 Å². The van der Waals surface area contributed by atoms with Gasteiger partial charge in [0.25, 0.3) is 0 Å². The molecule has 1 rings (SSSR count). The van der Waals surface area contributed by atoms with Crippen LogP contribution in [-0.4, -0.2) is 17.0 Å². The van der Waals surface area contributed by atoms with Gasteiger partial charge in [-0.1, -0.05) is 5.18 Å². The van der Waals surface area contributed by atoms with Crippen molar-refractivity contribution >= 4 is 5.82 Å². The van der Waals surface area contributed by atoms with Gasteiger partial charge in [-0.3, -0.25) is 4.98 Å². The lowest BCUT2D eigenvalue weighted by atomic mass is 10.3. The molecular formula is C6H8N4O2. The third kappa shape index (κ3) is 1.66. The van der Waals surface area contributed by atoms with Gasteiger partial charge in [0.1, 0.15) is 12.4 Å². The maximum Gasteiger partial charge on any atom is 0.346 e. The van der Waals surface area contributed by atoms with Crippen LogP contribution >= 0.6 is 0 Å². The van der Waals surface area contributed by atoms with E-state index in [2.05, 4.69) is 20.5 Å². The zero-order chi connectivity index (χ0) is 8.97. The van der Waals surface area contributed by atoms with Crippen LogP contribution in [0.1, 0.15) is 5.56 Å². The van der Waals surface area contributed by atoms with E-state index in [1.54, 1.807) is 7.05 Å². The monoisotopic (exact) mass is 168 g/mol. The Balaban J connectivity index is 3.10. The van der Waals surface area contributed by atoms with E-state index in [0.717, 1.165) is 0 Å². The molecule has 0 atom stereocenters. The highest BCUT2D eigenvalue weighted by Gasteiger charge is 2.01. The molecule has 0 spiro atoms. The number of anilines is 1. The summed E-state index contributed by atoms with van der Waals surface area (Å²) in [5, 5.41) is 5.42. The predicted molar refractivity (Wildman–Crippen MR) is 43.9 cm³/mol. The number of nitrogens with zero attached hydrogens (tertiary/aromatic N) is 2. The van der Waals surface area contributed by atoms with Crippen LogP contribution in [0.15, 0.2) is 16.2 Å². The first-order valence-corrected chi connectivity index (χ1v) is 3.33. The second-order valence-corrected chi connectivity index (χ2v) is 2.13. The highest BCUT2D eigenvalue weighted by molar-refractivity contribution is 5.41. The zero-order valence-corrected chi connectivity index (χ0v) is 6.50. The van der Waals surface area contributed by atoms with Crippen molar-refractivity contribution in [2.75, 3.05) is 12.4 Å². The Hall–Kier alpha value is -1.72. The molecule has 1 heterocycles. The average Bonchev–Trinajstić information content (AvgIpc) is 2.08. The lowest BCUT2D eigenvalue weighted by Crippen LogP contribution is -2.13. The molecule has 64 valence electrons. The lowest BCUT2D eigenvalue weighted by molar-refractivity contribution is 0.972. The molecule has 1 aromatic heterocycles. The van der Waals surface area contributed by atoms with E-state index < -0.39 is 5.69 Å². The van der Waals surface area contributed by atoms with Crippen molar-refractivity contribution in [3.63, 3.8) is 0 Å². The molecule has 0 aromatic carbocycles. The zero-order valence-electron chi connectivity index (χ0n) is 6.50. The maximum absolute atomic E-state index is 10.7. The van der Waals surface area contributed by atoms with E-state index in [1.807, 2.05) is 0 Å². The minimum absolute atomic E-state index is 0.0000463. The molecule has 6 heteroatoms. The molecule has 6 nitrogen and oxygen atoms in total. The Morgan fingerprint density at radius 1 is 1.75 bits per heavy atom. The topological polar surface area (TPSA) is 87.2 Å². The number of hydrogen-bond donors (Lipinski definition) is 2. The summed E-state index contributed by atoms with van der Waals surface area (Å²) in [5.74, 6) is 0.481. The van der Waals surface area contributed by atoms with Gasteiger partial charge in [0.05, 0.1) is 0 Å². The van der Waals surface area contributed by atoms with E-state index in [0.29, 0.717) is 11.4 Å². The van der Waals surface area contributed by atoms with Gasteiger partial charge in [0, 0.05) is 18.8 Å². The summed E-state index contributed by atoms with van der Waals surface area (Å²) in [6, 6.07) is 0. The standard InChI is InChI=1S/C6H8N4O2/c1-7-5-4(3-9-12)2-8-6(11)10-5/h2H,3H2,1H3,(H2,7,8,10,11). The summed E-state index contributed by atoms with van der Waals surface area (Å²) in [5.41, 5.74) is 0.126. The summed E-state index contributed by atoms with van der Waals surface area (Å²) in [6.45, 7) is -0.0000463. The summed E-state index contributed by atoms with van der Waals surface area (Å²) in [7, 11) is 1.64. The quantitative estimate of drug-likeness (QED) is 0.625. The van der Waals surface area contributed by atoms with Crippen molar-refractivity contribution < 1.29 is 0 Å². The molecule has 0 radical (unpaired) electrons. The van der Waals surface area contributed by atoms with Crippen molar-refractivity contribution in [3.05, 3.63) is 27.2 Å². The number of nitrogens with one attached hydrogen (secondary N) is 2. The third-order valence-corrected chi connectivity index (χ3v) is 1.38. The summed E-state index contributed by atoms with van der Waals surface area (Å²) in [4.78, 5) is 26.5. The molecular weight excluding hydrogens is 160 g/mol. The van der Waals surface area contributed by atoms with Gasteiger partial charge in [0.2, 0.25) is 0 Å². The SMILES string of the molecule is CNc1[nH]c(=O)ncc1CN=O. The highest BCUT2D eigenvalue weighted by Crippen LogP contribution is 2.07. The van der Waals surface area contributed by atoms with E-state index >= 15 is 0 Å². The Kier molecular flexibility index (Phi) is 2.52. The van der Waals surface area contributed by atoms with Crippen molar-refractivity contribution in [1.29, 1.82) is 0 Å². The number of aromatic nitrogens is 2. The minimum atomic E-state index is -0.450. The van der Waals surface area contributed by atoms with Gasteiger partial charge in [-0.25, -0.2) is 9.78 Å². The molecule has 0 bridgehead atoms. The number of hydrogen-bond acceptors (Lipinski definition) is 5. The fourth-order valence-corrected chi connectivity index (χ4v) is 0.833. The molecule has 0 amide bonds. The molecule has 0 saturated carbocycles. The van der Waals surface area contributed by atoms with Gasteiger partial charge in [-0.15, -0.1) is 0 Å². The molecule has 0 fully saturated rings. The van der Waals surface area contributed by atoms with Crippen LogP contribution in [0.2, 0.25) is 0 Å². The van der Waals surface area contributed by atoms with E-state index in [4.69, 9.17) is 0 Å². The number of nitroso groups, excluding NO2 is 1. The van der Waals surface area contributed by atoms with Crippen LogP contribution in [0.25, 0.3) is 0 Å². The smallest absolute Gasteiger partial charge is 0.346 e. The number of H-pyrrole nitrogens is 1. The van der Waals surface area contributed by atoms with E-state index in [-0.39, 0.29) is 6.54 Å². The molecule has 0 aliphatic heterocycles. The predicted octanol–water partition coefficient (Wildman–Crippen LogP) is 0.0780. The second kappa shape index (κ2) is 3.61. The third-order valence-electron chi connectivity index (χ3n) is 1.38.